The van der Waals surface area contributed by atoms with Crippen molar-refractivity contribution < 1.29 is 4.74 Å². The molecule has 0 aliphatic heterocycles. The van der Waals surface area contributed by atoms with Crippen LogP contribution in [0, 0.1) is 6.92 Å². The van der Waals surface area contributed by atoms with E-state index in [0.29, 0.717) is 0 Å². The third-order valence-electron chi connectivity index (χ3n) is 3.05. The van der Waals surface area contributed by atoms with E-state index in [0.717, 1.165) is 5.75 Å². The van der Waals surface area contributed by atoms with E-state index in [2.05, 4.69) is 32.1 Å². The summed E-state index contributed by atoms with van der Waals surface area (Å²) in [5.41, 5.74) is 5.65. The van der Waals surface area contributed by atoms with Crippen LogP contribution in [0.25, 0.3) is 5.57 Å². The van der Waals surface area contributed by atoms with Gasteiger partial charge in [0.05, 0.1) is 7.11 Å². The third-order valence-corrected chi connectivity index (χ3v) is 3.05. The van der Waals surface area contributed by atoms with E-state index >= 15 is 0 Å². The molecule has 1 aliphatic carbocycles. The van der Waals surface area contributed by atoms with Gasteiger partial charge in [-0.25, -0.2) is 0 Å². The number of methoxy groups -OCH3 is 1. The Labute approximate surface area is 85.4 Å². The number of rotatable bonds is 1. The van der Waals surface area contributed by atoms with E-state index < -0.39 is 0 Å². The fourth-order valence-electron chi connectivity index (χ4n) is 2.31. The van der Waals surface area contributed by atoms with Crippen LogP contribution in [-0.2, 0) is 6.42 Å². The van der Waals surface area contributed by atoms with Crippen molar-refractivity contribution in [1.82, 2.24) is 0 Å². The Balaban J connectivity index is 2.62. The number of hydrogen-bond acceptors (Lipinski definition) is 1. The van der Waals surface area contributed by atoms with Crippen molar-refractivity contribution >= 4 is 5.57 Å². The van der Waals surface area contributed by atoms with Gasteiger partial charge in [0.1, 0.15) is 5.75 Å². The van der Waals surface area contributed by atoms with Crippen LogP contribution in [0.5, 0.6) is 5.75 Å². The van der Waals surface area contributed by atoms with E-state index in [9.17, 15) is 0 Å². The van der Waals surface area contributed by atoms with E-state index in [1.807, 2.05) is 0 Å². The summed E-state index contributed by atoms with van der Waals surface area (Å²) in [4.78, 5) is 0. The first-order chi connectivity index (χ1) is 6.77. The monoisotopic (exact) mass is 188 g/mol. The largest absolute Gasteiger partial charge is 0.496 e. The molecular formula is C13H16O. The summed E-state index contributed by atoms with van der Waals surface area (Å²) < 4.78 is 5.34. The third kappa shape index (κ3) is 1.24. The van der Waals surface area contributed by atoms with E-state index in [4.69, 9.17) is 4.74 Å². The summed E-state index contributed by atoms with van der Waals surface area (Å²) in [5, 5.41) is 0. The lowest BCUT2D eigenvalue weighted by atomic mass is 10.0. The van der Waals surface area contributed by atoms with E-state index in [-0.39, 0.29) is 0 Å². The molecule has 0 fully saturated rings. The second kappa shape index (κ2) is 3.49. The SMILES string of the molecule is CC=C1CCc2ccc(OC)c(C)c21. The minimum atomic E-state index is 1.00. The van der Waals surface area contributed by atoms with Gasteiger partial charge in [0.2, 0.25) is 0 Å². The van der Waals surface area contributed by atoms with Crippen molar-refractivity contribution in [2.45, 2.75) is 26.7 Å². The van der Waals surface area contributed by atoms with Crippen molar-refractivity contribution in [3.05, 3.63) is 34.9 Å². The highest BCUT2D eigenvalue weighted by molar-refractivity contribution is 5.76. The molecule has 1 nitrogen and oxygen atoms in total. The van der Waals surface area contributed by atoms with Crippen molar-refractivity contribution in [3.63, 3.8) is 0 Å². The van der Waals surface area contributed by atoms with Gasteiger partial charge in [0, 0.05) is 0 Å². The van der Waals surface area contributed by atoms with Gasteiger partial charge in [-0.05, 0) is 55.0 Å². The first-order valence-electron chi connectivity index (χ1n) is 5.10. The molecule has 1 aromatic rings. The predicted molar refractivity (Wildman–Crippen MR) is 59.7 cm³/mol. The average Bonchev–Trinajstić information content (AvgIpc) is 2.62. The molecule has 0 atom stereocenters. The van der Waals surface area contributed by atoms with Crippen molar-refractivity contribution in [2.75, 3.05) is 7.11 Å². The van der Waals surface area contributed by atoms with Crippen molar-refractivity contribution in [2.24, 2.45) is 0 Å². The number of hydrogen-bond donors (Lipinski definition) is 0. The summed E-state index contributed by atoms with van der Waals surface area (Å²) in [6.07, 6.45) is 4.58. The van der Waals surface area contributed by atoms with Crippen LogP contribution in [0.1, 0.15) is 30.0 Å². The highest BCUT2D eigenvalue weighted by Crippen LogP contribution is 2.38. The Morgan fingerprint density at radius 2 is 2.07 bits per heavy atom. The molecule has 0 bridgehead atoms. The van der Waals surface area contributed by atoms with Gasteiger partial charge >= 0.3 is 0 Å². The van der Waals surface area contributed by atoms with Crippen LogP contribution in [0.4, 0.5) is 0 Å². The molecule has 0 saturated heterocycles. The van der Waals surface area contributed by atoms with Crippen LogP contribution in [0.3, 0.4) is 0 Å². The highest BCUT2D eigenvalue weighted by Gasteiger charge is 2.19. The number of ether oxygens (including phenoxy) is 1. The fraction of sp³-hybridized carbons (Fsp3) is 0.385. The second-order valence-corrected chi connectivity index (χ2v) is 3.74. The van der Waals surface area contributed by atoms with Gasteiger partial charge in [-0.2, -0.15) is 0 Å². The molecule has 1 heteroatoms. The number of benzene rings is 1. The Bertz CT molecular complexity index is 388. The maximum absolute atomic E-state index is 5.34. The molecule has 2 rings (SSSR count). The maximum Gasteiger partial charge on any atom is 0.122 e. The van der Waals surface area contributed by atoms with Crippen LogP contribution >= 0.6 is 0 Å². The standard InChI is InChI=1S/C13H16O/c1-4-10-5-6-11-7-8-12(14-3)9(2)13(10)11/h4,7-8H,5-6H2,1-3H3. The molecular weight excluding hydrogens is 172 g/mol. The Kier molecular flexibility index (Phi) is 2.32. The Morgan fingerprint density at radius 3 is 2.71 bits per heavy atom. The first kappa shape index (κ1) is 9.32. The number of aryl methyl sites for hydroxylation is 1. The lowest BCUT2D eigenvalue weighted by Gasteiger charge is -2.10. The lowest BCUT2D eigenvalue weighted by molar-refractivity contribution is 0.411. The highest BCUT2D eigenvalue weighted by atomic mass is 16.5. The lowest BCUT2D eigenvalue weighted by Crippen LogP contribution is -1.92. The normalized spacial score (nSPS) is 17.2. The second-order valence-electron chi connectivity index (χ2n) is 3.74. The molecule has 0 spiro atoms. The van der Waals surface area contributed by atoms with Crippen LogP contribution < -0.4 is 4.74 Å². The van der Waals surface area contributed by atoms with E-state index in [1.165, 1.54) is 35.1 Å². The molecule has 0 amide bonds. The quantitative estimate of drug-likeness (QED) is 0.656. The van der Waals surface area contributed by atoms with Gasteiger partial charge in [-0.1, -0.05) is 12.1 Å². The molecule has 1 aromatic carbocycles. The minimum absolute atomic E-state index is 1.00. The predicted octanol–water partition coefficient (Wildman–Crippen LogP) is 3.35. The van der Waals surface area contributed by atoms with Crippen LogP contribution in [0.2, 0.25) is 0 Å². The molecule has 74 valence electrons. The minimum Gasteiger partial charge on any atom is -0.496 e. The zero-order valence-corrected chi connectivity index (χ0v) is 9.05. The molecule has 0 saturated carbocycles. The number of allylic oxidation sites excluding steroid dienone is 2. The molecule has 0 N–H and O–H groups in total. The molecule has 0 heterocycles. The molecule has 0 aromatic heterocycles. The summed E-state index contributed by atoms with van der Waals surface area (Å²) in [7, 11) is 1.74. The zero-order chi connectivity index (χ0) is 10.1. The Hall–Kier alpha value is -1.24. The maximum atomic E-state index is 5.34. The van der Waals surface area contributed by atoms with Gasteiger partial charge < -0.3 is 4.74 Å². The van der Waals surface area contributed by atoms with Crippen molar-refractivity contribution in [3.8, 4) is 5.75 Å². The molecule has 14 heavy (non-hydrogen) atoms. The van der Waals surface area contributed by atoms with E-state index in [1.54, 1.807) is 7.11 Å². The molecule has 0 radical (unpaired) electrons. The molecule has 0 unspecified atom stereocenters. The molecule has 1 aliphatic rings. The summed E-state index contributed by atoms with van der Waals surface area (Å²) in [5.74, 6) is 1.00. The first-order valence-corrected chi connectivity index (χ1v) is 5.10. The Morgan fingerprint density at radius 1 is 1.29 bits per heavy atom. The van der Waals surface area contributed by atoms with Gasteiger partial charge in [0.15, 0.2) is 0 Å². The summed E-state index contributed by atoms with van der Waals surface area (Å²) >= 11 is 0. The average molecular weight is 188 g/mol. The van der Waals surface area contributed by atoms with Gasteiger partial charge in [-0.3, -0.25) is 0 Å². The zero-order valence-electron chi connectivity index (χ0n) is 9.05. The topological polar surface area (TPSA) is 9.23 Å². The van der Waals surface area contributed by atoms with Crippen molar-refractivity contribution in [1.29, 1.82) is 0 Å². The number of fused-ring (bicyclic) bond motifs is 1. The fourth-order valence-corrected chi connectivity index (χ4v) is 2.31. The van der Waals surface area contributed by atoms with Gasteiger partial charge in [0.25, 0.3) is 0 Å². The smallest absolute Gasteiger partial charge is 0.122 e. The summed E-state index contributed by atoms with van der Waals surface area (Å²) in [6.45, 7) is 4.26. The summed E-state index contributed by atoms with van der Waals surface area (Å²) in [6, 6.07) is 4.27. The van der Waals surface area contributed by atoms with Gasteiger partial charge in [-0.15, -0.1) is 0 Å². The van der Waals surface area contributed by atoms with Crippen LogP contribution in [-0.4, -0.2) is 7.11 Å². The van der Waals surface area contributed by atoms with Crippen LogP contribution in [0.15, 0.2) is 18.2 Å².